The van der Waals surface area contributed by atoms with Crippen LogP contribution >= 0.6 is 0 Å². The lowest BCUT2D eigenvalue weighted by Gasteiger charge is -2.15. The average molecular weight is 411 g/mol. The molecule has 0 saturated heterocycles. The maximum atomic E-state index is 13.5. The van der Waals surface area contributed by atoms with Crippen LogP contribution in [0.5, 0.6) is 0 Å². The van der Waals surface area contributed by atoms with Crippen molar-refractivity contribution in [3.05, 3.63) is 71.4 Å². The van der Waals surface area contributed by atoms with E-state index in [-0.39, 0.29) is 11.8 Å². The number of anilines is 4. The molecule has 0 atom stereocenters. The molecule has 154 valence electrons. The predicted molar refractivity (Wildman–Crippen MR) is 110 cm³/mol. The van der Waals surface area contributed by atoms with E-state index in [1.54, 1.807) is 36.4 Å². The largest absolute Gasteiger partial charge is 0.421 e. The van der Waals surface area contributed by atoms with Crippen molar-refractivity contribution in [2.45, 2.75) is 26.4 Å². The Morgan fingerprint density at radius 1 is 1.03 bits per heavy atom. The van der Waals surface area contributed by atoms with Crippen LogP contribution < -0.4 is 10.6 Å². The standard InChI is InChI=1S/C22H20F3N5/c1-14(2)10-16-4-3-5-18(11-16)28-20-19(22(23,24)25)13-27-21(30-20)29-17-8-6-15(12-26)7-9-17/h3-9,11,13-14H,10H2,1-2H3,(H2,27,28,29,30). The van der Waals surface area contributed by atoms with Gasteiger partial charge in [-0.3, -0.25) is 0 Å². The fraction of sp³-hybridized carbons (Fsp3) is 0.227. The first-order valence-corrected chi connectivity index (χ1v) is 9.32. The van der Waals surface area contributed by atoms with Crippen LogP contribution in [0.15, 0.2) is 54.7 Å². The summed E-state index contributed by atoms with van der Waals surface area (Å²) in [5.74, 6) is 0.0946. The number of hydrogen-bond donors (Lipinski definition) is 2. The van der Waals surface area contributed by atoms with Gasteiger partial charge in [0, 0.05) is 17.6 Å². The Kier molecular flexibility index (Phi) is 6.21. The van der Waals surface area contributed by atoms with E-state index >= 15 is 0 Å². The zero-order valence-electron chi connectivity index (χ0n) is 16.5. The SMILES string of the molecule is CC(C)Cc1cccc(Nc2nc(Nc3ccc(C#N)cc3)ncc2C(F)(F)F)c1. The molecule has 0 unspecified atom stereocenters. The van der Waals surface area contributed by atoms with Crippen molar-refractivity contribution in [1.82, 2.24) is 9.97 Å². The van der Waals surface area contributed by atoms with Crippen LogP contribution in [0.2, 0.25) is 0 Å². The highest BCUT2D eigenvalue weighted by Gasteiger charge is 2.35. The molecule has 0 spiro atoms. The van der Waals surface area contributed by atoms with Crippen molar-refractivity contribution >= 4 is 23.1 Å². The number of benzene rings is 2. The number of nitriles is 1. The molecule has 8 heteroatoms. The molecule has 2 aromatic carbocycles. The maximum absolute atomic E-state index is 13.5. The highest BCUT2D eigenvalue weighted by atomic mass is 19.4. The third-order valence-corrected chi connectivity index (χ3v) is 4.20. The fourth-order valence-corrected chi connectivity index (χ4v) is 2.89. The summed E-state index contributed by atoms with van der Waals surface area (Å²) in [4.78, 5) is 7.84. The molecule has 0 aliphatic carbocycles. The molecule has 0 bridgehead atoms. The Hall–Kier alpha value is -3.60. The second kappa shape index (κ2) is 8.82. The van der Waals surface area contributed by atoms with Crippen molar-refractivity contribution < 1.29 is 13.2 Å². The summed E-state index contributed by atoms with van der Waals surface area (Å²) in [7, 11) is 0. The van der Waals surface area contributed by atoms with Gasteiger partial charge in [-0.1, -0.05) is 26.0 Å². The normalized spacial score (nSPS) is 11.2. The summed E-state index contributed by atoms with van der Waals surface area (Å²) < 4.78 is 40.4. The Bertz CT molecular complexity index is 1050. The lowest BCUT2D eigenvalue weighted by molar-refractivity contribution is -0.137. The molecule has 5 nitrogen and oxygen atoms in total. The van der Waals surface area contributed by atoms with Gasteiger partial charge >= 0.3 is 6.18 Å². The van der Waals surface area contributed by atoms with Gasteiger partial charge in [-0.2, -0.15) is 23.4 Å². The van der Waals surface area contributed by atoms with E-state index in [4.69, 9.17) is 5.26 Å². The van der Waals surface area contributed by atoms with Gasteiger partial charge in [0.1, 0.15) is 11.4 Å². The van der Waals surface area contributed by atoms with Crippen LogP contribution in [0.4, 0.5) is 36.3 Å². The van der Waals surface area contributed by atoms with Crippen LogP contribution in [0.3, 0.4) is 0 Å². The van der Waals surface area contributed by atoms with Crippen molar-refractivity contribution in [1.29, 1.82) is 5.26 Å². The topological polar surface area (TPSA) is 73.6 Å². The predicted octanol–water partition coefficient (Wildman–Crippen LogP) is 6.05. The lowest BCUT2D eigenvalue weighted by Crippen LogP contribution is -2.12. The van der Waals surface area contributed by atoms with Crippen LogP contribution in [0.1, 0.15) is 30.5 Å². The summed E-state index contributed by atoms with van der Waals surface area (Å²) in [5.41, 5.74) is 1.61. The Balaban J connectivity index is 1.91. The number of nitrogens with one attached hydrogen (secondary N) is 2. The quantitative estimate of drug-likeness (QED) is 0.516. The smallest absolute Gasteiger partial charge is 0.340 e. The van der Waals surface area contributed by atoms with Gasteiger partial charge in [0.05, 0.1) is 11.6 Å². The highest BCUT2D eigenvalue weighted by Crippen LogP contribution is 2.35. The average Bonchev–Trinajstić information content (AvgIpc) is 2.67. The molecular weight excluding hydrogens is 391 g/mol. The van der Waals surface area contributed by atoms with Crippen molar-refractivity contribution in [2.75, 3.05) is 10.6 Å². The van der Waals surface area contributed by atoms with Crippen LogP contribution in [-0.2, 0) is 12.6 Å². The van der Waals surface area contributed by atoms with Gasteiger partial charge in [0.2, 0.25) is 5.95 Å². The molecule has 0 aliphatic heterocycles. The highest BCUT2D eigenvalue weighted by molar-refractivity contribution is 5.63. The first kappa shape index (κ1) is 21.1. The Labute approximate surface area is 172 Å². The van der Waals surface area contributed by atoms with Gasteiger partial charge < -0.3 is 10.6 Å². The van der Waals surface area contributed by atoms with E-state index in [1.807, 2.05) is 18.2 Å². The van der Waals surface area contributed by atoms with E-state index in [9.17, 15) is 13.2 Å². The van der Waals surface area contributed by atoms with E-state index in [0.717, 1.165) is 18.2 Å². The van der Waals surface area contributed by atoms with E-state index < -0.39 is 11.7 Å². The number of halogens is 3. The molecule has 1 aromatic heterocycles. The minimum atomic E-state index is -4.61. The molecular formula is C22H20F3N5. The molecule has 0 radical (unpaired) electrons. The molecule has 3 rings (SSSR count). The van der Waals surface area contributed by atoms with Gasteiger partial charge in [-0.25, -0.2) is 4.98 Å². The van der Waals surface area contributed by atoms with Crippen molar-refractivity contribution in [3.8, 4) is 6.07 Å². The van der Waals surface area contributed by atoms with Crippen LogP contribution in [0, 0.1) is 17.2 Å². The molecule has 0 saturated carbocycles. The summed E-state index contributed by atoms with van der Waals surface area (Å²) in [5, 5.41) is 14.5. The molecule has 0 fully saturated rings. The molecule has 0 aliphatic rings. The third kappa shape index (κ3) is 5.47. The Morgan fingerprint density at radius 3 is 2.40 bits per heavy atom. The summed E-state index contributed by atoms with van der Waals surface area (Å²) >= 11 is 0. The van der Waals surface area contributed by atoms with E-state index in [2.05, 4.69) is 34.4 Å². The van der Waals surface area contributed by atoms with Crippen LogP contribution in [0.25, 0.3) is 0 Å². The number of nitrogens with zero attached hydrogens (tertiary/aromatic N) is 3. The van der Waals surface area contributed by atoms with Gasteiger partial charge in [-0.15, -0.1) is 0 Å². The summed E-state index contributed by atoms with van der Waals surface area (Å²) in [6, 6.07) is 15.7. The molecule has 0 amide bonds. The number of rotatable bonds is 6. The first-order valence-electron chi connectivity index (χ1n) is 9.32. The fourth-order valence-electron chi connectivity index (χ4n) is 2.89. The molecule has 2 N–H and O–H groups in total. The lowest BCUT2D eigenvalue weighted by atomic mass is 10.0. The zero-order valence-corrected chi connectivity index (χ0v) is 16.5. The number of aromatic nitrogens is 2. The van der Waals surface area contributed by atoms with Crippen molar-refractivity contribution in [2.24, 2.45) is 5.92 Å². The summed E-state index contributed by atoms with van der Waals surface area (Å²) in [6.45, 7) is 4.15. The first-order chi connectivity index (χ1) is 14.2. The Morgan fingerprint density at radius 2 is 1.77 bits per heavy atom. The molecule has 30 heavy (non-hydrogen) atoms. The van der Waals surface area contributed by atoms with E-state index in [1.165, 1.54) is 0 Å². The number of alkyl halides is 3. The van der Waals surface area contributed by atoms with Crippen molar-refractivity contribution in [3.63, 3.8) is 0 Å². The third-order valence-electron chi connectivity index (χ3n) is 4.20. The molecule has 3 aromatic rings. The second-order valence-corrected chi connectivity index (χ2v) is 7.19. The van der Waals surface area contributed by atoms with Crippen LogP contribution in [-0.4, -0.2) is 9.97 Å². The minimum Gasteiger partial charge on any atom is -0.340 e. The minimum absolute atomic E-state index is 0.00791. The zero-order chi connectivity index (χ0) is 21.7. The second-order valence-electron chi connectivity index (χ2n) is 7.19. The number of hydrogen-bond acceptors (Lipinski definition) is 5. The van der Waals surface area contributed by atoms with Gasteiger partial charge in [0.25, 0.3) is 0 Å². The van der Waals surface area contributed by atoms with Gasteiger partial charge in [-0.05, 0) is 54.3 Å². The summed E-state index contributed by atoms with van der Waals surface area (Å²) in [6.07, 6.45) is -3.04. The van der Waals surface area contributed by atoms with Gasteiger partial charge in [0.15, 0.2) is 0 Å². The maximum Gasteiger partial charge on any atom is 0.421 e. The monoisotopic (exact) mass is 411 g/mol. The molecule has 1 heterocycles. The van der Waals surface area contributed by atoms with E-state index in [0.29, 0.717) is 22.9 Å².